The summed E-state index contributed by atoms with van der Waals surface area (Å²) in [5.74, 6) is 0.622. The second kappa shape index (κ2) is 5.32. The molecule has 88 valence electrons. The first-order valence-corrected chi connectivity index (χ1v) is 5.77. The molecule has 2 rings (SSSR count). The Bertz CT molecular complexity index is 340. The lowest BCUT2D eigenvalue weighted by Crippen LogP contribution is -2.22. The van der Waals surface area contributed by atoms with E-state index in [2.05, 4.69) is 11.0 Å². The zero-order chi connectivity index (χ0) is 11.4. The summed E-state index contributed by atoms with van der Waals surface area (Å²) in [4.78, 5) is 2.34. The van der Waals surface area contributed by atoms with Crippen molar-refractivity contribution in [3.05, 3.63) is 29.8 Å². The second-order valence-electron chi connectivity index (χ2n) is 4.34. The van der Waals surface area contributed by atoms with E-state index in [1.807, 2.05) is 18.2 Å². The fraction of sp³-hybridized carbons (Fsp3) is 0.538. The number of ether oxygens (including phenoxy) is 1. The van der Waals surface area contributed by atoms with Crippen molar-refractivity contribution in [2.75, 3.05) is 31.7 Å². The van der Waals surface area contributed by atoms with Gasteiger partial charge in [-0.3, -0.25) is 0 Å². The minimum Gasteiger partial charge on any atom is -0.392 e. The SMILES string of the molecule is COCC1CCN(c2ccccc2CO)C1. The average molecular weight is 221 g/mol. The van der Waals surface area contributed by atoms with Crippen molar-refractivity contribution in [3.8, 4) is 0 Å². The van der Waals surface area contributed by atoms with Crippen LogP contribution in [0, 0.1) is 5.92 Å². The van der Waals surface area contributed by atoms with E-state index in [0.717, 1.165) is 25.3 Å². The van der Waals surface area contributed by atoms with Gasteiger partial charge in [0.25, 0.3) is 0 Å². The molecule has 0 radical (unpaired) electrons. The molecule has 0 aliphatic carbocycles. The first-order valence-electron chi connectivity index (χ1n) is 5.77. The number of rotatable bonds is 4. The minimum absolute atomic E-state index is 0.113. The molecule has 0 saturated carbocycles. The molecule has 1 fully saturated rings. The molecule has 0 aromatic heterocycles. The van der Waals surface area contributed by atoms with Crippen LogP contribution < -0.4 is 4.90 Å². The summed E-state index contributed by atoms with van der Waals surface area (Å²) in [5.41, 5.74) is 2.18. The smallest absolute Gasteiger partial charge is 0.0702 e. The van der Waals surface area contributed by atoms with Crippen LogP contribution in [0.2, 0.25) is 0 Å². The second-order valence-corrected chi connectivity index (χ2v) is 4.34. The molecule has 16 heavy (non-hydrogen) atoms. The van der Waals surface area contributed by atoms with Crippen molar-refractivity contribution < 1.29 is 9.84 Å². The predicted molar refractivity (Wildman–Crippen MR) is 64.6 cm³/mol. The zero-order valence-electron chi connectivity index (χ0n) is 9.72. The number of nitrogens with zero attached hydrogens (tertiary/aromatic N) is 1. The lowest BCUT2D eigenvalue weighted by Gasteiger charge is -2.21. The normalized spacial score (nSPS) is 20.4. The highest BCUT2D eigenvalue weighted by molar-refractivity contribution is 5.54. The number of aliphatic hydroxyl groups excluding tert-OH is 1. The Morgan fingerprint density at radius 2 is 2.25 bits per heavy atom. The Morgan fingerprint density at radius 3 is 3.00 bits per heavy atom. The van der Waals surface area contributed by atoms with E-state index in [1.54, 1.807) is 7.11 Å². The van der Waals surface area contributed by atoms with Gasteiger partial charge in [0.05, 0.1) is 13.2 Å². The van der Waals surface area contributed by atoms with Gasteiger partial charge in [-0.25, -0.2) is 0 Å². The molecular weight excluding hydrogens is 202 g/mol. The van der Waals surface area contributed by atoms with Crippen LogP contribution in [-0.2, 0) is 11.3 Å². The van der Waals surface area contributed by atoms with Gasteiger partial charge in [0.1, 0.15) is 0 Å². The molecule has 1 unspecified atom stereocenters. The van der Waals surface area contributed by atoms with Crippen molar-refractivity contribution in [1.82, 2.24) is 0 Å². The molecular formula is C13H19NO2. The van der Waals surface area contributed by atoms with Crippen LogP contribution in [0.3, 0.4) is 0 Å². The van der Waals surface area contributed by atoms with Gasteiger partial charge in [-0.15, -0.1) is 0 Å². The third-order valence-electron chi connectivity index (χ3n) is 3.19. The summed E-state index contributed by atoms with van der Waals surface area (Å²) < 4.78 is 5.19. The molecule has 0 spiro atoms. The molecule has 0 bridgehead atoms. The molecule has 3 nitrogen and oxygen atoms in total. The van der Waals surface area contributed by atoms with Crippen LogP contribution in [0.4, 0.5) is 5.69 Å². The Kier molecular flexibility index (Phi) is 3.80. The van der Waals surface area contributed by atoms with Crippen LogP contribution in [0.15, 0.2) is 24.3 Å². The highest BCUT2D eigenvalue weighted by Gasteiger charge is 2.23. The molecule has 1 saturated heterocycles. The summed E-state index contributed by atoms with van der Waals surface area (Å²) in [6.07, 6.45) is 1.17. The third-order valence-corrected chi connectivity index (χ3v) is 3.19. The van der Waals surface area contributed by atoms with Gasteiger partial charge >= 0.3 is 0 Å². The first-order chi connectivity index (χ1) is 7.85. The van der Waals surface area contributed by atoms with Gasteiger partial charge in [-0.05, 0) is 12.5 Å². The van der Waals surface area contributed by atoms with Gasteiger partial charge < -0.3 is 14.7 Å². The number of methoxy groups -OCH3 is 1. The summed E-state index contributed by atoms with van der Waals surface area (Å²) in [6, 6.07) is 8.07. The van der Waals surface area contributed by atoms with Gasteiger partial charge in [0.15, 0.2) is 0 Å². The lowest BCUT2D eigenvalue weighted by atomic mass is 10.1. The Morgan fingerprint density at radius 1 is 1.44 bits per heavy atom. The Labute approximate surface area is 96.6 Å². The van der Waals surface area contributed by atoms with Crippen molar-refractivity contribution in [1.29, 1.82) is 0 Å². The summed E-state index contributed by atoms with van der Waals surface area (Å²) in [6.45, 7) is 3.04. The van der Waals surface area contributed by atoms with Crippen molar-refractivity contribution in [3.63, 3.8) is 0 Å². The number of benzene rings is 1. The molecule has 1 atom stereocenters. The number of hydrogen-bond acceptors (Lipinski definition) is 3. The molecule has 1 aliphatic heterocycles. The third kappa shape index (κ3) is 2.36. The predicted octanol–water partition coefficient (Wildman–Crippen LogP) is 1.65. The van der Waals surface area contributed by atoms with Crippen LogP contribution in [0.25, 0.3) is 0 Å². The fourth-order valence-corrected chi connectivity index (χ4v) is 2.38. The number of hydrogen-bond donors (Lipinski definition) is 1. The molecule has 1 aliphatic rings. The minimum atomic E-state index is 0.113. The molecule has 3 heteroatoms. The van der Waals surface area contributed by atoms with Crippen LogP contribution in [0.5, 0.6) is 0 Å². The highest BCUT2D eigenvalue weighted by atomic mass is 16.5. The number of anilines is 1. The maximum Gasteiger partial charge on any atom is 0.0702 e. The largest absolute Gasteiger partial charge is 0.392 e. The maximum absolute atomic E-state index is 9.30. The topological polar surface area (TPSA) is 32.7 Å². The molecule has 1 N–H and O–H groups in total. The Hall–Kier alpha value is -1.06. The molecule has 1 aromatic carbocycles. The number of para-hydroxylation sites is 1. The zero-order valence-corrected chi connectivity index (χ0v) is 9.72. The maximum atomic E-state index is 9.30. The number of aliphatic hydroxyl groups is 1. The molecule has 1 aromatic rings. The first kappa shape index (κ1) is 11.4. The van der Waals surface area contributed by atoms with Crippen LogP contribution in [-0.4, -0.2) is 31.9 Å². The van der Waals surface area contributed by atoms with E-state index in [9.17, 15) is 5.11 Å². The van der Waals surface area contributed by atoms with Gasteiger partial charge in [-0.1, -0.05) is 18.2 Å². The highest BCUT2D eigenvalue weighted by Crippen LogP contribution is 2.27. The monoisotopic (exact) mass is 221 g/mol. The van der Waals surface area contributed by atoms with Crippen LogP contribution in [0.1, 0.15) is 12.0 Å². The van der Waals surface area contributed by atoms with Gasteiger partial charge in [-0.2, -0.15) is 0 Å². The Balaban J connectivity index is 2.08. The quantitative estimate of drug-likeness (QED) is 0.839. The summed E-state index contributed by atoms with van der Waals surface area (Å²) >= 11 is 0. The average Bonchev–Trinajstić information content (AvgIpc) is 2.78. The molecule has 0 amide bonds. The standard InChI is InChI=1S/C13H19NO2/c1-16-10-11-6-7-14(8-11)13-5-3-2-4-12(13)9-15/h2-5,11,15H,6-10H2,1H3. The van der Waals surface area contributed by atoms with E-state index in [0.29, 0.717) is 5.92 Å². The van der Waals surface area contributed by atoms with Gasteiger partial charge in [0, 0.05) is 37.4 Å². The summed E-state index contributed by atoms with van der Waals surface area (Å²) in [7, 11) is 1.75. The van der Waals surface area contributed by atoms with E-state index in [-0.39, 0.29) is 6.61 Å². The van der Waals surface area contributed by atoms with Crippen molar-refractivity contribution in [2.45, 2.75) is 13.0 Å². The van der Waals surface area contributed by atoms with Crippen LogP contribution >= 0.6 is 0 Å². The van der Waals surface area contributed by atoms with E-state index >= 15 is 0 Å². The molecule has 1 heterocycles. The van der Waals surface area contributed by atoms with E-state index in [4.69, 9.17) is 4.74 Å². The van der Waals surface area contributed by atoms with Gasteiger partial charge in [0.2, 0.25) is 0 Å². The summed E-state index contributed by atoms with van der Waals surface area (Å²) in [5, 5.41) is 9.30. The van der Waals surface area contributed by atoms with Crippen molar-refractivity contribution in [2.24, 2.45) is 5.92 Å². The van der Waals surface area contributed by atoms with E-state index in [1.165, 1.54) is 12.1 Å². The van der Waals surface area contributed by atoms with E-state index < -0.39 is 0 Å². The fourth-order valence-electron chi connectivity index (χ4n) is 2.38. The lowest BCUT2D eigenvalue weighted by molar-refractivity contribution is 0.161. The van der Waals surface area contributed by atoms with Crippen molar-refractivity contribution >= 4 is 5.69 Å².